The highest BCUT2D eigenvalue weighted by atomic mass is 35.5. The smallest absolute Gasteiger partial charge is 0.262 e. The fourth-order valence-corrected chi connectivity index (χ4v) is 3.94. The van der Waals surface area contributed by atoms with E-state index in [1.165, 1.54) is 16.9 Å². The van der Waals surface area contributed by atoms with Gasteiger partial charge in [0.2, 0.25) is 0 Å². The van der Waals surface area contributed by atoms with Gasteiger partial charge in [-0.15, -0.1) is 11.3 Å². The second-order valence-corrected chi connectivity index (χ2v) is 6.74. The van der Waals surface area contributed by atoms with Gasteiger partial charge in [-0.1, -0.05) is 59.6 Å². The number of rotatable bonds is 4. The summed E-state index contributed by atoms with van der Waals surface area (Å²) in [6, 6.07) is 15.5. The Balaban J connectivity index is 1.71. The van der Waals surface area contributed by atoms with E-state index < -0.39 is 0 Å². The Kier molecular flexibility index (Phi) is 4.67. The van der Waals surface area contributed by atoms with Gasteiger partial charge < -0.3 is 5.32 Å². The zero-order valence-electron chi connectivity index (χ0n) is 11.6. The molecule has 0 spiro atoms. The lowest BCUT2D eigenvalue weighted by Crippen LogP contribution is -2.25. The van der Waals surface area contributed by atoms with Gasteiger partial charge in [-0.2, -0.15) is 0 Å². The van der Waals surface area contributed by atoms with Crippen LogP contribution in [-0.2, 0) is 6.42 Å². The molecule has 3 rings (SSSR count). The van der Waals surface area contributed by atoms with Crippen molar-refractivity contribution in [1.29, 1.82) is 0 Å². The van der Waals surface area contributed by atoms with E-state index in [1.54, 1.807) is 6.07 Å². The highest BCUT2D eigenvalue weighted by Gasteiger charge is 2.16. The van der Waals surface area contributed by atoms with Crippen molar-refractivity contribution in [3.63, 3.8) is 0 Å². The van der Waals surface area contributed by atoms with Gasteiger partial charge in [0.25, 0.3) is 5.91 Å². The summed E-state index contributed by atoms with van der Waals surface area (Å²) in [5.74, 6) is -0.141. The van der Waals surface area contributed by atoms with Crippen molar-refractivity contribution >= 4 is 50.5 Å². The SMILES string of the molecule is O=C(NCCc1ccccc1)c1sc2cc(Cl)ccc2c1Cl. The van der Waals surface area contributed by atoms with Crippen LogP contribution in [0.5, 0.6) is 0 Å². The van der Waals surface area contributed by atoms with Gasteiger partial charge in [-0.05, 0) is 24.1 Å². The standard InChI is InChI=1S/C17H13Cl2NOS/c18-12-6-7-13-14(10-12)22-16(15(13)19)17(21)20-9-8-11-4-2-1-3-5-11/h1-7,10H,8-9H2,(H,20,21). The Morgan fingerprint density at radius 2 is 1.86 bits per heavy atom. The highest BCUT2D eigenvalue weighted by Crippen LogP contribution is 2.36. The summed E-state index contributed by atoms with van der Waals surface area (Å²) in [5.41, 5.74) is 1.19. The molecule has 1 aromatic heterocycles. The number of amides is 1. The molecular weight excluding hydrogens is 337 g/mol. The Morgan fingerprint density at radius 3 is 2.64 bits per heavy atom. The number of nitrogens with one attached hydrogen (secondary N) is 1. The normalized spacial score (nSPS) is 10.8. The molecule has 5 heteroatoms. The number of benzene rings is 2. The molecule has 1 amide bonds. The molecule has 2 aromatic carbocycles. The quantitative estimate of drug-likeness (QED) is 0.690. The van der Waals surface area contributed by atoms with Crippen LogP contribution in [0.3, 0.4) is 0 Å². The van der Waals surface area contributed by atoms with Gasteiger partial charge >= 0.3 is 0 Å². The monoisotopic (exact) mass is 349 g/mol. The first-order chi connectivity index (χ1) is 10.6. The highest BCUT2D eigenvalue weighted by molar-refractivity contribution is 7.21. The molecule has 1 N–H and O–H groups in total. The van der Waals surface area contributed by atoms with E-state index in [-0.39, 0.29) is 5.91 Å². The Morgan fingerprint density at radius 1 is 1.09 bits per heavy atom. The number of carbonyl (C=O) groups excluding carboxylic acids is 1. The van der Waals surface area contributed by atoms with E-state index >= 15 is 0 Å². The predicted octanol–water partition coefficient (Wildman–Crippen LogP) is 5.18. The minimum absolute atomic E-state index is 0.141. The van der Waals surface area contributed by atoms with Crippen molar-refractivity contribution in [3.05, 3.63) is 69.0 Å². The summed E-state index contributed by atoms with van der Waals surface area (Å²) in [7, 11) is 0. The van der Waals surface area contributed by atoms with Crippen molar-refractivity contribution in [2.75, 3.05) is 6.54 Å². The van der Waals surface area contributed by atoms with Gasteiger partial charge in [0.1, 0.15) is 4.88 Å². The summed E-state index contributed by atoms with van der Waals surface area (Å²) < 4.78 is 0.922. The zero-order valence-corrected chi connectivity index (χ0v) is 13.9. The molecule has 0 aliphatic rings. The van der Waals surface area contributed by atoms with E-state index in [1.807, 2.05) is 42.5 Å². The van der Waals surface area contributed by atoms with Crippen LogP contribution in [0.4, 0.5) is 0 Å². The number of fused-ring (bicyclic) bond motifs is 1. The number of thiophene rings is 1. The molecule has 0 aliphatic heterocycles. The van der Waals surface area contributed by atoms with Crippen molar-refractivity contribution < 1.29 is 4.79 Å². The predicted molar refractivity (Wildman–Crippen MR) is 94.3 cm³/mol. The van der Waals surface area contributed by atoms with Gasteiger partial charge in [-0.3, -0.25) is 4.79 Å². The third kappa shape index (κ3) is 3.27. The fourth-order valence-electron chi connectivity index (χ4n) is 2.23. The molecule has 0 radical (unpaired) electrons. The van der Waals surface area contributed by atoms with Gasteiger partial charge in [-0.25, -0.2) is 0 Å². The van der Waals surface area contributed by atoms with Crippen LogP contribution in [0.1, 0.15) is 15.2 Å². The average molecular weight is 350 g/mol. The zero-order chi connectivity index (χ0) is 15.5. The van der Waals surface area contributed by atoms with Crippen molar-refractivity contribution in [2.24, 2.45) is 0 Å². The molecule has 0 atom stereocenters. The third-order valence-electron chi connectivity index (χ3n) is 3.34. The number of carbonyl (C=O) groups is 1. The van der Waals surface area contributed by atoms with E-state index in [9.17, 15) is 4.79 Å². The second-order valence-electron chi connectivity index (χ2n) is 4.88. The summed E-state index contributed by atoms with van der Waals surface area (Å²) in [4.78, 5) is 12.8. The lowest BCUT2D eigenvalue weighted by molar-refractivity contribution is 0.0958. The molecule has 3 aromatic rings. The Labute approximate surface area is 142 Å². The van der Waals surface area contributed by atoms with Crippen LogP contribution in [0.25, 0.3) is 10.1 Å². The average Bonchev–Trinajstić information content (AvgIpc) is 2.84. The molecule has 0 unspecified atom stereocenters. The Hall–Kier alpha value is -1.55. The van der Waals surface area contributed by atoms with Crippen LogP contribution < -0.4 is 5.32 Å². The van der Waals surface area contributed by atoms with Crippen molar-refractivity contribution in [3.8, 4) is 0 Å². The number of hydrogen-bond donors (Lipinski definition) is 1. The molecule has 0 saturated carbocycles. The van der Waals surface area contributed by atoms with Crippen molar-refractivity contribution in [1.82, 2.24) is 5.32 Å². The number of halogens is 2. The van der Waals surface area contributed by atoms with Gasteiger partial charge in [0.05, 0.1) is 5.02 Å². The first-order valence-electron chi connectivity index (χ1n) is 6.85. The maximum Gasteiger partial charge on any atom is 0.262 e. The van der Waals surface area contributed by atoms with Crippen LogP contribution in [0.2, 0.25) is 10.0 Å². The maximum absolute atomic E-state index is 12.3. The fraction of sp³-hybridized carbons (Fsp3) is 0.118. The van der Waals surface area contributed by atoms with E-state index in [4.69, 9.17) is 23.2 Å². The van der Waals surface area contributed by atoms with Crippen LogP contribution in [0, 0.1) is 0 Å². The minimum Gasteiger partial charge on any atom is -0.351 e. The maximum atomic E-state index is 12.3. The first kappa shape index (κ1) is 15.3. The molecule has 22 heavy (non-hydrogen) atoms. The lowest BCUT2D eigenvalue weighted by Gasteiger charge is -2.04. The van der Waals surface area contributed by atoms with E-state index in [0.29, 0.717) is 21.5 Å². The Bertz CT molecular complexity index is 814. The van der Waals surface area contributed by atoms with Gasteiger partial charge in [0, 0.05) is 21.7 Å². The van der Waals surface area contributed by atoms with Crippen LogP contribution >= 0.6 is 34.5 Å². The van der Waals surface area contributed by atoms with Crippen LogP contribution in [0.15, 0.2) is 48.5 Å². The summed E-state index contributed by atoms with van der Waals surface area (Å²) in [5, 5.41) is 4.92. The molecule has 0 bridgehead atoms. The number of hydrogen-bond acceptors (Lipinski definition) is 2. The first-order valence-corrected chi connectivity index (χ1v) is 8.42. The molecule has 112 valence electrons. The van der Waals surface area contributed by atoms with Crippen molar-refractivity contribution in [2.45, 2.75) is 6.42 Å². The largest absolute Gasteiger partial charge is 0.351 e. The summed E-state index contributed by atoms with van der Waals surface area (Å²) in [6.07, 6.45) is 0.793. The molecular formula is C17H13Cl2NOS. The third-order valence-corrected chi connectivity index (χ3v) is 5.23. The molecule has 0 aliphatic carbocycles. The minimum atomic E-state index is -0.141. The second kappa shape index (κ2) is 6.69. The molecule has 0 saturated heterocycles. The molecule has 2 nitrogen and oxygen atoms in total. The lowest BCUT2D eigenvalue weighted by atomic mass is 10.1. The summed E-state index contributed by atoms with van der Waals surface area (Å²) in [6.45, 7) is 0.578. The molecule has 1 heterocycles. The van der Waals surface area contributed by atoms with Crippen LogP contribution in [-0.4, -0.2) is 12.5 Å². The van der Waals surface area contributed by atoms with E-state index in [0.717, 1.165) is 16.5 Å². The topological polar surface area (TPSA) is 29.1 Å². The van der Waals surface area contributed by atoms with Gasteiger partial charge in [0.15, 0.2) is 0 Å². The molecule has 0 fully saturated rings. The summed E-state index contributed by atoms with van der Waals surface area (Å²) >= 11 is 13.6. The van der Waals surface area contributed by atoms with E-state index in [2.05, 4.69) is 5.32 Å².